The lowest BCUT2D eigenvalue weighted by Gasteiger charge is -2.20. The monoisotopic (exact) mass is 860 g/mol. The van der Waals surface area contributed by atoms with Gasteiger partial charge in [-0.1, -0.05) is 244 Å². The summed E-state index contributed by atoms with van der Waals surface area (Å²) < 4.78 is 5.46. The molecule has 0 fully saturated rings. The lowest BCUT2D eigenvalue weighted by atomic mass is 10.0. The molecule has 0 aliphatic carbocycles. The number of esters is 1. The van der Waals surface area contributed by atoms with Crippen molar-refractivity contribution in [2.24, 2.45) is 0 Å². The van der Waals surface area contributed by atoms with Crippen LogP contribution in [0.2, 0.25) is 0 Å². The van der Waals surface area contributed by atoms with E-state index in [0.29, 0.717) is 19.4 Å². The van der Waals surface area contributed by atoms with Gasteiger partial charge in [-0.2, -0.15) is 0 Å². The summed E-state index contributed by atoms with van der Waals surface area (Å²) in [5, 5.41) is 23.1. The lowest BCUT2D eigenvalue weighted by molar-refractivity contribution is -0.143. The van der Waals surface area contributed by atoms with Gasteiger partial charge >= 0.3 is 5.97 Å². The van der Waals surface area contributed by atoms with Gasteiger partial charge in [0.2, 0.25) is 5.91 Å². The van der Waals surface area contributed by atoms with E-state index >= 15 is 0 Å². The molecule has 0 saturated heterocycles. The van der Waals surface area contributed by atoms with Gasteiger partial charge in [0.05, 0.1) is 25.4 Å². The Morgan fingerprint density at radius 3 is 1.16 bits per heavy atom. The van der Waals surface area contributed by atoms with Crippen LogP contribution in [0.25, 0.3) is 0 Å². The Morgan fingerprint density at radius 1 is 0.443 bits per heavy atom. The van der Waals surface area contributed by atoms with E-state index in [9.17, 15) is 19.8 Å². The third-order valence-corrected chi connectivity index (χ3v) is 12.5. The largest absolute Gasteiger partial charge is 0.466 e. The van der Waals surface area contributed by atoms with Gasteiger partial charge in [-0.3, -0.25) is 9.59 Å². The van der Waals surface area contributed by atoms with Gasteiger partial charge in [0.1, 0.15) is 0 Å². The Hall–Kier alpha value is -1.66. The van der Waals surface area contributed by atoms with Crippen LogP contribution in [0.5, 0.6) is 0 Å². The number of aliphatic hydroxyl groups excluding tert-OH is 2. The Bertz CT molecular complexity index is 951. The number of carbonyl (C=O) groups is 2. The van der Waals surface area contributed by atoms with Gasteiger partial charge in [0, 0.05) is 12.8 Å². The first kappa shape index (κ1) is 59.3. The number of allylic oxidation sites excluding steroid dienone is 3. The van der Waals surface area contributed by atoms with Crippen LogP contribution in [0.4, 0.5) is 0 Å². The molecular formula is C55H105NO5. The summed E-state index contributed by atoms with van der Waals surface area (Å²) in [6, 6.07) is -0.638. The average Bonchev–Trinajstić information content (AvgIpc) is 3.26. The second-order valence-electron chi connectivity index (χ2n) is 18.6. The summed E-state index contributed by atoms with van der Waals surface area (Å²) in [5.74, 6) is -0.0914. The molecule has 0 heterocycles. The van der Waals surface area contributed by atoms with Crippen LogP contribution in [0.3, 0.4) is 0 Å². The molecule has 0 aliphatic heterocycles. The van der Waals surface area contributed by atoms with Crippen molar-refractivity contribution in [1.29, 1.82) is 0 Å². The minimum atomic E-state index is -0.853. The van der Waals surface area contributed by atoms with Crippen LogP contribution in [-0.4, -0.2) is 47.4 Å². The van der Waals surface area contributed by atoms with E-state index in [1.807, 2.05) is 6.08 Å². The van der Waals surface area contributed by atoms with Crippen LogP contribution < -0.4 is 5.32 Å². The number of aliphatic hydroxyl groups is 2. The Morgan fingerprint density at radius 2 is 0.770 bits per heavy atom. The molecule has 0 rings (SSSR count). The highest BCUT2D eigenvalue weighted by Gasteiger charge is 2.18. The first-order valence-electron chi connectivity index (χ1n) is 27.1. The average molecular weight is 860 g/mol. The molecule has 0 bridgehead atoms. The minimum absolute atomic E-state index is 0.00906. The number of amides is 1. The van der Waals surface area contributed by atoms with Gasteiger partial charge in [-0.25, -0.2) is 0 Å². The van der Waals surface area contributed by atoms with Crippen molar-refractivity contribution in [3.05, 3.63) is 24.3 Å². The van der Waals surface area contributed by atoms with E-state index in [0.717, 1.165) is 70.6 Å². The zero-order valence-electron chi connectivity index (χ0n) is 40.9. The van der Waals surface area contributed by atoms with E-state index in [1.54, 1.807) is 6.08 Å². The Labute approximate surface area is 380 Å². The van der Waals surface area contributed by atoms with Gasteiger partial charge in [-0.05, 0) is 57.8 Å². The van der Waals surface area contributed by atoms with Crippen LogP contribution in [0.15, 0.2) is 24.3 Å². The molecule has 2 unspecified atom stereocenters. The van der Waals surface area contributed by atoms with Gasteiger partial charge in [-0.15, -0.1) is 0 Å². The molecule has 3 N–H and O–H groups in total. The molecule has 2 atom stereocenters. The zero-order valence-corrected chi connectivity index (χ0v) is 40.9. The maximum atomic E-state index is 12.4. The summed E-state index contributed by atoms with van der Waals surface area (Å²) in [7, 11) is 0. The summed E-state index contributed by atoms with van der Waals surface area (Å²) in [4.78, 5) is 24.5. The highest BCUT2D eigenvalue weighted by atomic mass is 16.5. The van der Waals surface area contributed by atoms with Gasteiger partial charge in [0.15, 0.2) is 0 Å². The second kappa shape index (κ2) is 51.0. The predicted molar refractivity (Wildman–Crippen MR) is 264 cm³/mol. The molecule has 0 saturated carbocycles. The molecule has 0 aliphatic rings. The van der Waals surface area contributed by atoms with E-state index in [4.69, 9.17) is 4.74 Å². The molecule has 0 radical (unpaired) electrons. The highest BCUT2D eigenvalue weighted by Crippen LogP contribution is 2.16. The quantitative estimate of drug-likeness (QED) is 0.0322. The Balaban J connectivity index is 3.50. The van der Waals surface area contributed by atoms with Crippen molar-refractivity contribution >= 4 is 11.9 Å². The first-order chi connectivity index (χ1) is 30.0. The number of hydrogen-bond donors (Lipinski definition) is 3. The summed E-state index contributed by atoms with van der Waals surface area (Å²) in [6.07, 6.45) is 60.4. The van der Waals surface area contributed by atoms with Crippen molar-refractivity contribution in [3.8, 4) is 0 Å². The molecule has 0 aromatic rings. The third kappa shape index (κ3) is 47.7. The number of hydrogen-bond acceptors (Lipinski definition) is 5. The van der Waals surface area contributed by atoms with Crippen molar-refractivity contribution in [1.82, 2.24) is 5.32 Å². The fourth-order valence-corrected chi connectivity index (χ4v) is 8.27. The summed E-state index contributed by atoms with van der Waals surface area (Å²) in [5.41, 5.74) is 0. The third-order valence-electron chi connectivity index (χ3n) is 12.5. The van der Waals surface area contributed by atoms with Gasteiger partial charge < -0.3 is 20.3 Å². The van der Waals surface area contributed by atoms with Crippen molar-refractivity contribution in [3.63, 3.8) is 0 Å². The fourth-order valence-electron chi connectivity index (χ4n) is 8.27. The highest BCUT2D eigenvalue weighted by molar-refractivity contribution is 5.76. The fraction of sp³-hybridized carbons (Fsp3) is 0.891. The molecular weight excluding hydrogens is 755 g/mol. The molecule has 6 heteroatoms. The van der Waals surface area contributed by atoms with E-state index in [-0.39, 0.29) is 18.5 Å². The number of rotatable bonds is 50. The van der Waals surface area contributed by atoms with Crippen LogP contribution in [0, 0.1) is 0 Å². The number of ether oxygens (including phenoxy) is 1. The summed E-state index contributed by atoms with van der Waals surface area (Å²) in [6.45, 7) is 4.87. The molecule has 0 aromatic carbocycles. The van der Waals surface area contributed by atoms with Crippen molar-refractivity contribution in [2.75, 3.05) is 13.2 Å². The normalized spacial score (nSPS) is 12.8. The molecule has 61 heavy (non-hydrogen) atoms. The number of nitrogens with one attached hydrogen (secondary N) is 1. The molecule has 6 nitrogen and oxygen atoms in total. The van der Waals surface area contributed by atoms with E-state index < -0.39 is 12.1 Å². The first-order valence-corrected chi connectivity index (χ1v) is 27.1. The molecule has 360 valence electrons. The number of carbonyl (C=O) groups excluding carboxylic acids is 2. The van der Waals surface area contributed by atoms with Crippen molar-refractivity contribution in [2.45, 2.75) is 302 Å². The van der Waals surface area contributed by atoms with Crippen LogP contribution in [0.1, 0.15) is 290 Å². The van der Waals surface area contributed by atoms with Gasteiger partial charge in [0.25, 0.3) is 0 Å². The molecule has 0 spiro atoms. The van der Waals surface area contributed by atoms with E-state index in [2.05, 4.69) is 31.3 Å². The zero-order chi connectivity index (χ0) is 44.4. The minimum Gasteiger partial charge on any atom is -0.466 e. The predicted octanol–water partition coefficient (Wildman–Crippen LogP) is 16.3. The molecule has 0 aromatic heterocycles. The SMILES string of the molecule is CCCCCCCCCCCCCCC/C=C/C(O)C(CO)NC(=O)CCCCCCCCC/C=C\CCCCCCOC(=O)CCCCCCCCCCCCCCCC. The maximum absolute atomic E-state index is 12.4. The smallest absolute Gasteiger partial charge is 0.305 e. The summed E-state index contributed by atoms with van der Waals surface area (Å²) >= 11 is 0. The van der Waals surface area contributed by atoms with Crippen LogP contribution in [-0.2, 0) is 14.3 Å². The Kier molecular flexibility index (Phi) is 49.6. The van der Waals surface area contributed by atoms with E-state index in [1.165, 1.54) is 193 Å². The molecule has 1 amide bonds. The lowest BCUT2D eigenvalue weighted by Crippen LogP contribution is -2.45. The topological polar surface area (TPSA) is 95.9 Å². The van der Waals surface area contributed by atoms with Crippen LogP contribution >= 0.6 is 0 Å². The van der Waals surface area contributed by atoms with Crippen molar-refractivity contribution < 1.29 is 24.5 Å². The second-order valence-corrected chi connectivity index (χ2v) is 18.6. The standard InChI is InChI=1S/C55H105NO5/c1-3-5-7-9-11-13-15-17-20-23-27-31-35-39-43-47-53(58)52(51-57)56-54(59)48-44-40-36-32-28-24-21-19-22-26-30-34-38-42-46-50-61-55(60)49-45-41-37-33-29-25-18-16-14-12-10-8-6-4-2/h22,26,43,47,52-53,57-58H,3-21,23-25,27-42,44-46,48-51H2,1-2H3,(H,56,59)/b26-22-,47-43+. The number of unbranched alkanes of at least 4 members (excludes halogenated alkanes) is 37. The maximum Gasteiger partial charge on any atom is 0.305 e.